The highest BCUT2D eigenvalue weighted by molar-refractivity contribution is 7.99. The number of carbonyl (C=O) groups excluding carboxylic acids is 1. The quantitative estimate of drug-likeness (QED) is 0.495. The van der Waals surface area contributed by atoms with Gasteiger partial charge in [0.15, 0.2) is 16.7 Å². The van der Waals surface area contributed by atoms with Crippen molar-refractivity contribution in [3.05, 3.63) is 42.2 Å². The molecule has 26 heavy (non-hydrogen) atoms. The first kappa shape index (κ1) is 19.8. The average Bonchev–Trinajstić information content (AvgIpc) is 2.99. The third-order valence-electron chi connectivity index (χ3n) is 3.83. The number of hydrogen-bond donors (Lipinski definition) is 0. The average molecular weight is 376 g/mol. The Balaban J connectivity index is 1.97. The third-order valence-corrected chi connectivity index (χ3v) is 4.78. The second-order valence-corrected chi connectivity index (χ2v) is 6.60. The largest absolute Gasteiger partial charge is 0.493 e. The monoisotopic (exact) mass is 376 g/mol. The second-order valence-electron chi connectivity index (χ2n) is 5.66. The van der Waals surface area contributed by atoms with E-state index in [1.54, 1.807) is 32.2 Å². The summed E-state index contributed by atoms with van der Waals surface area (Å²) >= 11 is 1.37. The number of ether oxygens (including phenoxy) is 2. The SMILES string of the molecule is C=CCn1c(C)nnc1SCC(=O)N(C)Cc1ccc(OC)c(OC)c1. The Kier molecular flexibility index (Phi) is 7.08. The molecule has 0 atom stereocenters. The van der Waals surface area contributed by atoms with Gasteiger partial charge in [-0.3, -0.25) is 4.79 Å². The van der Waals surface area contributed by atoms with Crippen LogP contribution < -0.4 is 9.47 Å². The lowest BCUT2D eigenvalue weighted by Gasteiger charge is -2.18. The van der Waals surface area contributed by atoms with Gasteiger partial charge in [0.05, 0.1) is 20.0 Å². The fourth-order valence-electron chi connectivity index (χ4n) is 2.39. The number of carbonyl (C=O) groups is 1. The first-order valence-corrected chi connectivity index (χ1v) is 9.07. The van der Waals surface area contributed by atoms with E-state index in [4.69, 9.17) is 9.47 Å². The molecule has 1 heterocycles. The van der Waals surface area contributed by atoms with Gasteiger partial charge in [-0.2, -0.15) is 0 Å². The molecular weight excluding hydrogens is 352 g/mol. The second kappa shape index (κ2) is 9.28. The fraction of sp³-hybridized carbons (Fsp3) is 0.389. The van der Waals surface area contributed by atoms with Crippen LogP contribution in [0.25, 0.3) is 0 Å². The van der Waals surface area contributed by atoms with Crippen molar-refractivity contribution in [2.45, 2.75) is 25.2 Å². The lowest BCUT2D eigenvalue weighted by molar-refractivity contribution is -0.127. The minimum absolute atomic E-state index is 0.00981. The molecule has 0 saturated carbocycles. The molecule has 1 aromatic carbocycles. The van der Waals surface area contributed by atoms with E-state index in [1.807, 2.05) is 29.7 Å². The highest BCUT2D eigenvalue weighted by Crippen LogP contribution is 2.28. The standard InChI is InChI=1S/C18H24N4O3S/c1-6-9-22-13(2)19-20-18(22)26-12-17(23)21(3)11-14-7-8-15(24-4)16(10-14)25-5/h6-8,10H,1,9,11-12H2,2-5H3. The van der Waals surface area contributed by atoms with E-state index >= 15 is 0 Å². The molecule has 7 nitrogen and oxygen atoms in total. The van der Waals surface area contributed by atoms with Crippen molar-refractivity contribution >= 4 is 17.7 Å². The van der Waals surface area contributed by atoms with Crippen molar-refractivity contribution in [1.29, 1.82) is 0 Å². The van der Waals surface area contributed by atoms with Gasteiger partial charge in [-0.1, -0.05) is 23.9 Å². The fourth-order valence-corrected chi connectivity index (χ4v) is 3.32. The summed E-state index contributed by atoms with van der Waals surface area (Å²) in [5.74, 6) is 2.42. The van der Waals surface area contributed by atoms with Gasteiger partial charge >= 0.3 is 0 Å². The van der Waals surface area contributed by atoms with E-state index in [1.165, 1.54) is 11.8 Å². The summed E-state index contributed by atoms with van der Waals surface area (Å²) < 4.78 is 12.5. The lowest BCUT2D eigenvalue weighted by atomic mass is 10.2. The first-order valence-electron chi connectivity index (χ1n) is 8.08. The van der Waals surface area contributed by atoms with Gasteiger partial charge in [-0.25, -0.2) is 0 Å². The summed E-state index contributed by atoms with van der Waals surface area (Å²) in [6, 6.07) is 5.63. The molecule has 140 valence electrons. The van der Waals surface area contributed by atoms with Crippen LogP contribution in [0.4, 0.5) is 0 Å². The summed E-state index contributed by atoms with van der Waals surface area (Å²) in [5, 5.41) is 8.89. The van der Waals surface area contributed by atoms with Crippen LogP contribution in [0.15, 0.2) is 36.0 Å². The highest BCUT2D eigenvalue weighted by Gasteiger charge is 2.15. The Morgan fingerprint density at radius 2 is 2.04 bits per heavy atom. The van der Waals surface area contributed by atoms with E-state index in [2.05, 4.69) is 16.8 Å². The molecule has 0 aliphatic rings. The molecule has 0 aliphatic carbocycles. The van der Waals surface area contributed by atoms with E-state index < -0.39 is 0 Å². The third kappa shape index (κ3) is 4.78. The molecule has 1 amide bonds. The topological polar surface area (TPSA) is 69.5 Å². The predicted octanol–water partition coefficient (Wildman–Crippen LogP) is 2.54. The van der Waals surface area contributed by atoms with Gasteiger partial charge in [0.2, 0.25) is 5.91 Å². The number of benzene rings is 1. The normalized spacial score (nSPS) is 10.5. The molecule has 0 spiro atoms. The van der Waals surface area contributed by atoms with Gasteiger partial charge < -0.3 is 18.9 Å². The zero-order valence-corrected chi connectivity index (χ0v) is 16.4. The van der Waals surface area contributed by atoms with Gasteiger partial charge in [-0.15, -0.1) is 16.8 Å². The van der Waals surface area contributed by atoms with Crippen LogP contribution >= 0.6 is 11.8 Å². The summed E-state index contributed by atoms with van der Waals surface area (Å²) in [6.07, 6.45) is 1.78. The Hall–Kier alpha value is -2.48. The van der Waals surface area contributed by atoms with Crippen LogP contribution in [0.1, 0.15) is 11.4 Å². The molecule has 2 aromatic rings. The van der Waals surface area contributed by atoms with Crippen LogP contribution in [0.2, 0.25) is 0 Å². The van der Waals surface area contributed by atoms with Crippen LogP contribution in [0.3, 0.4) is 0 Å². The highest BCUT2D eigenvalue weighted by atomic mass is 32.2. The molecule has 8 heteroatoms. The Labute approximate surface area is 158 Å². The van der Waals surface area contributed by atoms with Crippen molar-refractivity contribution in [3.63, 3.8) is 0 Å². The number of nitrogens with zero attached hydrogens (tertiary/aromatic N) is 4. The minimum Gasteiger partial charge on any atom is -0.493 e. The minimum atomic E-state index is 0.00981. The van der Waals surface area contributed by atoms with E-state index in [0.29, 0.717) is 30.3 Å². The molecule has 0 bridgehead atoms. The molecular formula is C18H24N4O3S. The number of thioether (sulfide) groups is 1. The maximum Gasteiger partial charge on any atom is 0.233 e. The molecule has 1 aromatic heterocycles. The molecule has 2 rings (SSSR count). The van der Waals surface area contributed by atoms with Crippen molar-refractivity contribution < 1.29 is 14.3 Å². The van der Waals surface area contributed by atoms with Gasteiger partial charge in [0, 0.05) is 20.1 Å². The first-order chi connectivity index (χ1) is 12.5. The van der Waals surface area contributed by atoms with E-state index in [0.717, 1.165) is 16.5 Å². The number of aryl methyl sites for hydroxylation is 1. The Bertz CT molecular complexity index is 776. The van der Waals surface area contributed by atoms with Crippen molar-refractivity contribution in [2.24, 2.45) is 0 Å². The molecule has 0 aliphatic heterocycles. The number of amides is 1. The van der Waals surface area contributed by atoms with Crippen LogP contribution in [0, 0.1) is 6.92 Å². The number of allylic oxidation sites excluding steroid dienone is 1. The zero-order chi connectivity index (χ0) is 19.1. The zero-order valence-electron chi connectivity index (χ0n) is 15.6. The predicted molar refractivity (Wildman–Crippen MR) is 102 cm³/mol. The number of methoxy groups -OCH3 is 2. The smallest absolute Gasteiger partial charge is 0.233 e. The van der Waals surface area contributed by atoms with Crippen LogP contribution in [-0.2, 0) is 17.9 Å². The summed E-state index contributed by atoms with van der Waals surface area (Å²) in [7, 11) is 4.96. The van der Waals surface area contributed by atoms with Crippen LogP contribution in [-0.4, -0.2) is 52.6 Å². The molecule has 0 radical (unpaired) electrons. The van der Waals surface area contributed by atoms with Gasteiger partial charge in [0.1, 0.15) is 5.82 Å². The summed E-state index contributed by atoms with van der Waals surface area (Å²) in [6.45, 7) is 6.72. The van der Waals surface area contributed by atoms with Gasteiger partial charge in [0.25, 0.3) is 0 Å². The summed E-state index contributed by atoms with van der Waals surface area (Å²) in [5.41, 5.74) is 0.967. The summed E-state index contributed by atoms with van der Waals surface area (Å²) in [4.78, 5) is 14.1. The molecule has 0 unspecified atom stereocenters. The Morgan fingerprint density at radius 1 is 1.31 bits per heavy atom. The lowest BCUT2D eigenvalue weighted by Crippen LogP contribution is -2.28. The number of hydrogen-bond acceptors (Lipinski definition) is 6. The maximum atomic E-state index is 12.4. The molecule has 0 saturated heterocycles. The van der Waals surface area contributed by atoms with Crippen molar-refractivity contribution in [2.75, 3.05) is 27.0 Å². The Morgan fingerprint density at radius 3 is 2.69 bits per heavy atom. The van der Waals surface area contributed by atoms with Crippen molar-refractivity contribution in [1.82, 2.24) is 19.7 Å². The number of aromatic nitrogens is 3. The molecule has 0 fully saturated rings. The van der Waals surface area contributed by atoms with E-state index in [-0.39, 0.29) is 5.91 Å². The maximum absolute atomic E-state index is 12.4. The molecule has 0 N–H and O–H groups in total. The van der Waals surface area contributed by atoms with Gasteiger partial charge in [-0.05, 0) is 24.6 Å². The van der Waals surface area contributed by atoms with E-state index in [9.17, 15) is 4.79 Å². The number of rotatable bonds is 9. The van der Waals surface area contributed by atoms with Crippen molar-refractivity contribution in [3.8, 4) is 11.5 Å². The van der Waals surface area contributed by atoms with Crippen LogP contribution in [0.5, 0.6) is 11.5 Å².